The minimum atomic E-state index is -1.30. The Bertz CT molecular complexity index is 687. The van der Waals surface area contributed by atoms with Gasteiger partial charge >= 0.3 is 0 Å². The molecule has 0 aliphatic heterocycles. The Morgan fingerprint density at radius 3 is 2.68 bits per heavy atom. The molecule has 1 N–H and O–H groups in total. The van der Waals surface area contributed by atoms with Gasteiger partial charge < -0.3 is 10.1 Å². The molecule has 0 aliphatic rings. The first-order valence-corrected chi connectivity index (χ1v) is 8.13. The van der Waals surface area contributed by atoms with E-state index in [2.05, 4.69) is 10.4 Å². The lowest BCUT2D eigenvalue weighted by Gasteiger charge is -2.15. The van der Waals surface area contributed by atoms with E-state index in [1.165, 1.54) is 32.0 Å². The van der Waals surface area contributed by atoms with Gasteiger partial charge in [-0.25, -0.2) is 13.5 Å². The molecule has 25 heavy (non-hydrogen) atoms. The molecule has 0 spiro atoms. The monoisotopic (exact) mass is 393 g/mol. The lowest BCUT2D eigenvalue weighted by atomic mass is 10.1. The van der Waals surface area contributed by atoms with Crippen LogP contribution in [0.25, 0.3) is 0 Å². The lowest BCUT2D eigenvalue weighted by Crippen LogP contribution is -2.17. The van der Waals surface area contributed by atoms with Gasteiger partial charge in [-0.15, -0.1) is 12.4 Å². The Kier molecular flexibility index (Phi) is 8.12. The highest BCUT2D eigenvalue weighted by molar-refractivity contribution is 6.30. The van der Waals surface area contributed by atoms with E-state index >= 15 is 0 Å². The van der Waals surface area contributed by atoms with Crippen LogP contribution in [-0.2, 0) is 19.7 Å². The molecule has 0 radical (unpaired) electrons. The van der Waals surface area contributed by atoms with Gasteiger partial charge in [-0.2, -0.15) is 5.10 Å². The molecule has 8 heteroatoms. The minimum absolute atomic E-state index is 0. The van der Waals surface area contributed by atoms with Crippen LogP contribution in [0.5, 0.6) is 5.88 Å². The second-order valence-corrected chi connectivity index (χ2v) is 6.66. The average molecular weight is 394 g/mol. The third-order valence-corrected chi connectivity index (χ3v) is 3.69. The molecule has 140 valence electrons. The van der Waals surface area contributed by atoms with Crippen molar-refractivity contribution in [3.63, 3.8) is 0 Å². The highest BCUT2D eigenvalue weighted by Gasteiger charge is 2.18. The maximum absolute atomic E-state index is 13.8. The Hall–Kier alpha value is -1.37. The summed E-state index contributed by atoms with van der Waals surface area (Å²) in [5, 5.41) is 7.85. The fourth-order valence-corrected chi connectivity index (χ4v) is 2.37. The Labute approximate surface area is 157 Å². The number of aromatic nitrogens is 2. The molecule has 0 atom stereocenters. The minimum Gasteiger partial charge on any atom is -0.473 e. The molecule has 0 saturated heterocycles. The molecule has 2 rings (SSSR count). The van der Waals surface area contributed by atoms with Crippen LogP contribution in [0.3, 0.4) is 0 Å². The number of benzene rings is 1. The van der Waals surface area contributed by atoms with Gasteiger partial charge in [0.15, 0.2) is 0 Å². The number of nitrogens with zero attached hydrogens (tertiary/aromatic N) is 2. The first-order valence-electron chi connectivity index (χ1n) is 7.75. The lowest BCUT2D eigenvalue weighted by molar-refractivity contribution is 0.183. The van der Waals surface area contributed by atoms with Crippen LogP contribution in [0.1, 0.15) is 31.5 Å². The molecule has 0 amide bonds. The number of hydrogen-bond donors (Lipinski definition) is 1. The van der Waals surface area contributed by atoms with Crippen LogP contribution in [0, 0.1) is 5.82 Å². The molecule has 4 nitrogen and oxygen atoms in total. The molecular weight excluding hydrogens is 371 g/mol. The zero-order valence-electron chi connectivity index (χ0n) is 14.5. The van der Waals surface area contributed by atoms with Crippen molar-refractivity contribution < 1.29 is 13.5 Å². The second-order valence-electron chi connectivity index (χ2n) is 6.22. The number of halogens is 4. The van der Waals surface area contributed by atoms with E-state index in [4.69, 9.17) is 16.3 Å². The third-order valence-electron chi connectivity index (χ3n) is 3.45. The fraction of sp³-hybridized carbons (Fsp3) is 0.471. The summed E-state index contributed by atoms with van der Waals surface area (Å²) in [4.78, 5) is 0. The van der Waals surface area contributed by atoms with Crippen molar-refractivity contribution in [2.75, 3.05) is 7.05 Å². The summed E-state index contributed by atoms with van der Waals surface area (Å²) in [5.74, 6) is 0.0923. The van der Waals surface area contributed by atoms with Crippen LogP contribution in [-0.4, -0.2) is 22.5 Å². The predicted octanol–water partition coefficient (Wildman–Crippen LogP) is 4.53. The summed E-state index contributed by atoms with van der Waals surface area (Å²) in [5.41, 5.74) is -0.169. The van der Waals surface area contributed by atoms with E-state index in [0.29, 0.717) is 36.0 Å². The first kappa shape index (κ1) is 21.7. The van der Waals surface area contributed by atoms with E-state index in [9.17, 15) is 8.78 Å². The second kappa shape index (κ2) is 9.36. The van der Waals surface area contributed by atoms with Gasteiger partial charge in [-0.05, 0) is 39.1 Å². The number of rotatable bonds is 8. The van der Waals surface area contributed by atoms with Gasteiger partial charge in [0.1, 0.15) is 18.1 Å². The molecule has 0 saturated carbocycles. The summed E-state index contributed by atoms with van der Waals surface area (Å²) in [7, 11) is 1.81. The van der Waals surface area contributed by atoms with Crippen LogP contribution in [0.2, 0.25) is 5.02 Å². The molecule has 2 aromatic rings. The summed E-state index contributed by atoms with van der Waals surface area (Å²) in [6.07, 6.45) is 0.301. The van der Waals surface area contributed by atoms with Gasteiger partial charge in [0.2, 0.25) is 5.88 Å². The summed E-state index contributed by atoms with van der Waals surface area (Å²) >= 11 is 5.89. The maximum Gasteiger partial charge on any atom is 0.212 e. The van der Waals surface area contributed by atoms with Crippen LogP contribution < -0.4 is 10.1 Å². The molecule has 0 aliphatic carbocycles. The van der Waals surface area contributed by atoms with Crippen molar-refractivity contribution in [3.05, 3.63) is 46.4 Å². The molecule has 0 unspecified atom stereocenters. The van der Waals surface area contributed by atoms with Crippen molar-refractivity contribution in [2.24, 2.45) is 0 Å². The number of hydrogen-bond acceptors (Lipinski definition) is 3. The van der Waals surface area contributed by atoms with E-state index in [-0.39, 0.29) is 24.8 Å². The average Bonchev–Trinajstić information content (AvgIpc) is 2.88. The van der Waals surface area contributed by atoms with Crippen LogP contribution >= 0.6 is 24.0 Å². The number of ether oxygens (including phenoxy) is 1. The van der Waals surface area contributed by atoms with E-state index in [1.807, 2.05) is 7.05 Å². The summed E-state index contributed by atoms with van der Waals surface area (Å²) in [6, 6.07) is 6.08. The quantitative estimate of drug-likeness (QED) is 0.715. The normalized spacial score (nSPS) is 11.3. The third kappa shape index (κ3) is 6.80. The number of nitrogens with one attached hydrogen (secondary N) is 1. The molecule has 1 heterocycles. The van der Waals surface area contributed by atoms with E-state index in [1.54, 1.807) is 10.7 Å². The SMILES string of the molecule is CNCc1cc(OCc2cc(Cl)ccc2F)n(CCC(C)(C)F)n1.Cl. The summed E-state index contributed by atoms with van der Waals surface area (Å²) in [6.45, 7) is 4.00. The highest BCUT2D eigenvalue weighted by Crippen LogP contribution is 2.22. The number of alkyl halides is 1. The van der Waals surface area contributed by atoms with Crippen molar-refractivity contribution in [3.8, 4) is 5.88 Å². The van der Waals surface area contributed by atoms with E-state index < -0.39 is 5.67 Å². The predicted molar refractivity (Wildman–Crippen MR) is 97.8 cm³/mol. The molecule has 1 aromatic carbocycles. The zero-order valence-corrected chi connectivity index (χ0v) is 16.1. The van der Waals surface area contributed by atoms with Gasteiger partial charge in [-0.3, -0.25) is 0 Å². The van der Waals surface area contributed by atoms with Gasteiger partial charge in [0.25, 0.3) is 0 Å². The van der Waals surface area contributed by atoms with Crippen molar-refractivity contribution >= 4 is 24.0 Å². The van der Waals surface area contributed by atoms with Gasteiger partial charge in [0, 0.05) is 36.2 Å². The Morgan fingerprint density at radius 2 is 2.04 bits per heavy atom. The van der Waals surface area contributed by atoms with Crippen molar-refractivity contribution in [1.29, 1.82) is 0 Å². The smallest absolute Gasteiger partial charge is 0.212 e. The van der Waals surface area contributed by atoms with Gasteiger partial charge in [0.05, 0.1) is 5.69 Å². The molecule has 0 fully saturated rings. The van der Waals surface area contributed by atoms with Crippen LogP contribution in [0.4, 0.5) is 8.78 Å². The van der Waals surface area contributed by atoms with Gasteiger partial charge in [-0.1, -0.05) is 11.6 Å². The highest BCUT2D eigenvalue weighted by atomic mass is 35.5. The molecular formula is C17H23Cl2F2N3O. The zero-order chi connectivity index (χ0) is 17.7. The molecule has 0 bridgehead atoms. The standard InChI is InChI=1S/C17H22ClF2N3O.ClH/c1-17(2,20)6-7-23-16(9-14(22-23)10-21-3)24-11-12-8-13(18)4-5-15(12)19;/h4-5,8-9,21H,6-7,10-11H2,1-3H3;1H. The first-order chi connectivity index (χ1) is 11.3. The summed E-state index contributed by atoms with van der Waals surface area (Å²) < 4.78 is 34.8. The molecule has 1 aromatic heterocycles. The number of aryl methyl sites for hydroxylation is 1. The van der Waals surface area contributed by atoms with Crippen molar-refractivity contribution in [1.82, 2.24) is 15.1 Å². The Balaban J connectivity index is 0.00000312. The fourth-order valence-electron chi connectivity index (χ4n) is 2.17. The maximum atomic E-state index is 13.8. The van der Waals surface area contributed by atoms with Crippen molar-refractivity contribution in [2.45, 2.75) is 45.6 Å². The topological polar surface area (TPSA) is 39.1 Å². The van der Waals surface area contributed by atoms with E-state index in [0.717, 1.165) is 5.69 Å². The Morgan fingerprint density at radius 1 is 1.32 bits per heavy atom. The van der Waals surface area contributed by atoms with Crippen LogP contribution in [0.15, 0.2) is 24.3 Å². The largest absolute Gasteiger partial charge is 0.473 e.